The van der Waals surface area contributed by atoms with E-state index in [1.54, 1.807) is 6.26 Å². The van der Waals surface area contributed by atoms with Gasteiger partial charge in [-0.25, -0.2) is 4.79 Å². The van der Waals surface area contributed by atoms with Gasteiger partial charge in [-0.3, -0.25) is 29.0 Å². The third-order valence-electron chi connectivity index (χ3n) is 5.02. The highest BCUT2D eigenvalue weighted by molar-refractivity contribution is 7.98. The summed E-state index contributed by atoms with van der Waals surface area (Å²) in [5, 5.41) is 21.2. The number of carboxylic acids is 1. The van der Waals surface area contributed by atoms with Gasteiger partial charge in [0, 0.05) is 12.3 Å². The van der Waals surface area contributed by atoms with Gasteiger partial charge >= 0.3 is 5.97 Å². The molecule has 222 valence electrons. The van der Waals surface area contributed by atoms with Crippen LogP contribution in [0.4, 0.5) is 0 Å². The number of aliphatic imine (C=N–C) groups is 1. The molecule has 0 aromatic rings. The highest BCUT2D eigenvalue weighted by Crippen LogP contribution is 2.04. The Morgan fingerprint density at radius 1 is 0.897 bits per heavy atom. The normalized spacial score (nSPS) is 13.5. The average Bonchev–Trinajstić information content (AvgIpc) is 2.88. The van der Waals surface area contributed by atoms with Crippen molar-refractivity contribution in [1.29, 1.82) is 0 Å². The first-order valence-corrected chi connectivity index (χ1v) is 13.9. The third kappa shape index (κ3) is 15.7. The summed E-state index contributed by atoms with van der Waals surface area (Å²) in [7, 11) is 0. The molecule has 0 heterocycles. The van der Waals surface area contributed by atoms with Crippen LogP contribution in [-0.2, 0) is 28.8 Å². The van der Waals surface area contributed by atoms with E-state index in [2.05, 4.69) is 44.2 Å². The number of carbonyl (C=O) groups is 6. The summed E-state index contributed by atoms with van der Waals surface area (Å²) in [6.45, 7) is 0.825. The summed E-state index contributed by atoms with van der Waals surface area (Å²) in [4.78, 5) is 76.9. The Balaban J connectivity index is 5.35. The lowest BCUT2D eigenvalue weighted by Crippen LogP contribution is -2.57. The van der Waals surface area contributed by atoms with Crippen LogP contribution in [0.15, 0.2) is 4.99 Å². The molecule has 0 radical (unpaired) electrons. The number of hydrogen-bond donors (Lipinski definition) is 10. The lowest BCUT2D eigenvalue weighted by molar-refractivity contribution is -0.141. The maximum absolute atomic E-state index is 12.9. The van der Waals surface area contributed by atoms with Crippen molar-refractivity contribution in [1.82, 2.24) is 26.6 Å². The van der Waals surface area contributed by atoms with Crippen LogP contribution in [0.1, 0.15) is 26.2 Å². The second-order valence-electron chi connectivity index (χ2n) is 8.20. The van der Waals surface area contributed by atoms with E-state index >= 15 is 0 Å². The summed E-state index contributed by atoms with van der Waals surface area (Å²) in [6.07, 6.45) is 2.41. The van der Waals surface area contributed by atoms with E-state index in [4.69, 9.17) is 22.3 Å². The van der Waals surface area contributed by atoms with Crippen LogP contribution < -0.4 is 43.8 Å². The van der Waals surface area contributed by atoms with E-state index in [-0.39, 0.29) is 37.6 Å². The Hall–Kier alpha value is -3.25. The summed E-state index contributed by atoms with van der Waals surface area (Å²) in [5.74, 6) is -4.42. The minimum atomic E-state index is -1.27. The molecule has 0 aliphatic rings. The first kappa shape index (κ1) is 35.8. The lowest BCUT2D eigenvalue weighted by Gasteiger charge is -2.24. The van der Waals surface area contributed by atoms with Gasteiger partial charge in [-0.15, -0.1) is 0 Å². The Bertz CT molecular complexity index is 888. The summed E-state index contributed by atoms with van der Waals surface area (Å²) in [5.41, 5.74) is 15.8. The predicted molar refractivity (Wildman–Crippen MR) is 150 cm³/mol. The fraction of sp³-hybridized carbons (Fsp3) is 0.667. The smallest absolute Gasteiger partial charge is 0.327 e. The molecule has 0 aliphatic heterocycles. The minimum absolute atomic E-state index is 0.104. The second kappa shape index (κ2) is 19.8. The number of thiol groups is 1. The number of guanidine groups is 1. The lowest BCUT2D eigenvalue weighted by atomic mass is 10.1. The van der Waals surface area contributed by atoms with E-state index in [9.17, 15) is 28.8 Å². The van der Waals surface area contributed by atoms with Crippen molar-refractivity contribution >= 4 is 65.9 Å². The van der Waals surface area contributed by atoms with E-state index < -0.39 is 66.2 Å². The van der Waals surface area contributed by atoms with Crippen molar-refractivity contribution in [3.05, 3.63) is 0 Å². The quantitative estimate of drug-likeness (QED) is 0.0297. The number of carboxylic acid groups (broad SMARTS) is 1. The number of aliphatic carboxylic acids is 1. The fourth-order valence-corrected chi connectivity index (χ4v) is 3.63. The van der Waals surface area contributed by atoms with Gasteiger partial charge in [0.25, 0.3) is 0 Å². The highest BCUT2D eigenvalue weighted by Gasteiger charge is 2.29. The Labute approximate surface area is 236 Å². The maximum atomic E-state index is 12.9. The first-order chi connectivity index (χ1) is 18.4. The molecule has 0 aromatic heterocycles. The molecule has 0 unspecified atom stereocenters. The number of nitrogens with one attached hydrogen (secondary N) is 5. The Morgan fingerprint density at radius 2 is 1.49 bits per heavy atom. The molecule has 39 heavy (non-hydrogen) atoms. The van der Waals surface area contributed by atoms with E-state index in [0.29, 0.717) is 12.2 Å². The molecule has 4 atom stereocenters. The number of amides is 5. The molecule has 0 rings (SSSR count). The predicted octanol–water partition coefficient (Wildman–Crippen LogP) is -4.16. The molecular weight excluding hydrogens is 554 g/mol. The van der Waals surface area contributed by atoms with E-state index in [0.717, 1.165) is 0 Å². The number of hydrogen-bond acceptors (Lipinski definition) is 10. The number of rotatable bonds is 19. The van der Waals surface area contributed by atoms with Gasteiger partial charge in [0.2, 0.25) is 29.5 Å². The average molecular weight is 594 g/mol. The van der Waals surface area contributed by atoms with Gasteiger partial charge < -0.3 is 48.9 Å². The zero-order chi connectivity index (χ0) is 30.0. The number of carbonyl (C=O) groups excluding carboxylic acids is 5. The van der Waals surface area contributed by atoms with Gasteiger partial charge in [-0.05, 0) is 38.2 Å². The summed E-state index contributed by atoms with van der Waals surface area (Å²) < 4.78 is 0. The molecule has 16 nitrogen and oxygen atoms in total. The molecule has 0 aromatic carbocycles. The molecule has 12 N–H and O–H groups in total. The van der Waals surface area contributed by atoms with Gasteiger partial charge in [-0.1, -0.05) is 0 Å². The largest absolute Gasteiger partial charge is 0.480 e. The molecule has 0 fully saturated rings. The number of nitrogens with two attached hydrogens (primary N) is 3. The van der Waals surface area contributed by atoms with Crippen LogP contribution >= 0.6 is 24.4 Å². The van der Waals surface area contributed by atoms with Crippen molar-refractivity contribution in [2.75, 3.05) is 37.4 Å². The molecule has 18 heteroatoms. The highest BCUT2D eigenvalue weighted by atomic mass is 32.2. The van der Waals surface area contributed by atoms with E-state index in [1.807, 2.05) is 0 Å². The summed E-state index contributed by atoms with van der Waals surface area (Å²) in [6, 6.07) is -4.54. The molecule has 0 spiro atoms. The number of thioether (sulfide) groups is 1. The maximum Gasteiger partial charge on any atom is 0.327 e. The molecule has 0 aliphatic carbocycles. The van der Waals surface area contributed by atoms with Crippen LogP contribution in [0.2, 0.25) is 0 Å². The van der Waals surface area contributed by atoms with Crippen LogP contribution in [0.5, 0.6) is 0 Å². The van der Waals surface area contributed by atoms with Crippen molar-refractivity contribution in [2.45, 2.75) is 50.4 Å². The topological polar surface area (TPSA) is 273 Å². The van der Waals surface area contributed by atoms with Gasteiger partial charge in [0.05, 0.1) is 13.1 Å². The van der Waals surface area contributed by atoms with Crippen molar-refractivity contribution in [3.63, 3.8) is 0 Å². The van der Waals surface area contributed by atoms with Crippen molar-refractivity contribution < 1.29 is 33.9 Å². The minimum Gasteiger partial charge on any atom is -0.480 e. The Kier molecular flexibility index (Phi) is 18.1. The first-order valence-electron chi connectivity index (χ1n) is 11.9. The number of nitrogens with zero attached hydrogens (tertiary/aromatic N) is 1. The van der Waals surface area contributed by atoms with Crippen LogP contribution in [0.25, 0.3) is 0 Å². The zero-order valence-electron chi connectivity index (χ0n) is 21.9. The third-order valence-corrected chi connectivity index (χ3v) is 6.03. The van der Waals surface area contributed by atoms with Gasteiger partial charge in [-0.2, -0.15) is 24.4 Å². The van der Waals surface area contributed by atoms with Crippen molar-refractivity contribution in [3.8, 4) is 0 Å². The zero-order valence-corrected chi connectivity index (χ0v) is 23.6. The van der Waals surface area contributed by atoms with Gasteiger partial charge in [0.15, 0.2) is 5.96 Å². The molecule has 0 saturated heterocycles. The standard InChI is InChI=1S/C21H39N9O7S2/c1-11(17(33)29-13(5-7-39-2)19(35)30-14(10-38)20(36)37)27-18(34)12(4-3-6-25-21(23)24)28-16(32)9-26-15(31)8-22/h11-14,38H,3-10,22H2,1-2H3,(H,26,31)(H,27,34)(H,28,32)(H,29,33)(H,30,35)(H,36,37)(H4,23,24,25)/t11-,12-,13-,14-/m0/s1. The second-order valence-corrected chi connectivity index (χ2v) is 9.56. The van der Waals surface area contributed by atoms with E-state index in [1.165, 1.54) is 18.7 Å². The monoisotopic (exact) mass is 593 g/mol. The molecule has 5 amide bonds. The molecule has 0 bridgehead atoms. The Morgan fingerprint density at radius 3 is 2.03 bits per heavy atom. The van der Waals surface area contributed by atoms with Crippen LogP contribution in [0, 0.1) is 0 Å². The molecular formula is C21H39N9O7S2. The SMILES string of the molecule is CSCC[C@H](NC(=O)[C@H](C)NC(=O)[C@H](CCCN=C(N)N)NC(=O)CNC(=O)CN)C(=O)N[C@@H](CS)C(=O)O. The van der Waals surface area contributed by atoms with Crippen LogP contribution in [0.3, 0.4) is 0 Å². The van der Waals surface area contributed by atoms with Crippen LogP contribution in [-0.4, -0.2) is 108 Å². The van der Waals surface area contributed by atoms with Crippen molar-refractivity contribution in [2.24, 2.45) is 22.2 Å². The fourth-order valence-electron chi connectivity index (χ4n) is 2.91. The van der Waals surface area contributed by atoms with Gasteiger partial charge in [0.1, 0.15) is 24.2 Å². The summed E-state index contributed by atoms with van der Waals surface area (Å²) >= 11 is 5.33. The molecule has 0 saturated carbocycles.